The maximum atomic E-state index is 11.1. The summed E-state index contributed by atoms with van der Waals surface area (Å²) in [4.78, 5) is 11.1. The molecule has 94 valence electrons. The van der Waals surface area contributed by atoms with Gasteiger partial charge < -0.3 is 10.4 Å². The van der Waals surface area contributed by atoms with Crippen LogP contribution in [0.25, 0.3) is 0 Å². The Morgan fingerprint density at radius 1 is 1.53 bits per heavy atom. The van der Waals surface area contributed by atoms with E-state index in [-0.39, 0.29) is 16.2 Å². The van der Waals surface area contributed by atoms with Crippen molar-refractivity contribution in [1.82, 2.24) is 10.2 Å². The van der Waals surface area contributed by atoms with E-state index < -0.39 is 12.0 Å². The summed E-state index contributed by atoms with van der Waals surface area (Å²) in [5.41, 5.74) is 0.374. The molecule has 0 aromatic carbocycles. The van der Waals surface area contributed by atoms with Crippen molar-refractivity contribution in [3.8, 4) is 0 Å². The van der Waals surface area contributed by atoms with Crippen molar-refractivity contribution in [3.05, 3.63) is 16.4 Å². The maximum Gasteiger partial charge on any atom is 0.326 e. The van der Waals surface area contributed by atoms with Crippen LogP contribution < -0.4 is 5.32 Å². The monoisotopic (exact) mass is 277 g/mol. The molecular weight excluding hydrogens is 265 g/mol. The normalized spacial score (nSPS) is 14.1. The van der Waals surface area contributed by atoms with Gasteiger partial charge in [0.1, 0.15) is 6.04 Å². The number of carboxylic acids is 1. The number of carbonyl (C=O) groups is 1. The Labute approximate surface area is 109 Å². The molecule has 7 heteroatoms. The first kappa shape index (κ1) is 14.0. The number of anilines is 1. The molecule has 0 aliphatic rings. The Morgan fingerprint density at radius 3 is 2.71 bits per heavy atom. The number of aliphatic carboxylic acids is 1. The van der Waals surface area contributed by atoms with Crippen molar-refractivity contribution in [2.75, 3.05) is 5.32 Å². The van der Waals surface area contributed by atoms with Gasteiger partial charge >= 0.3 is 5.97 Å². The second kappa shape index (κ2) is 6.02. The first-order chi connectivity index (χ1) is 7.95. The standard InChI is InChI=1S/C10H13Cl2N3O2/c1-3-5(2)8(10(16)17)13-6-4-7(11)14-15-9(6)12/h4-5,8H,3H2,1-2H3,(H,13,14)(H,16,17)/t5-,8+/m1/s1. The van der Waals surface area contributed by atoms with E-state index in [9.17, 15) is 4.79 Å². The summed E-state index contributed by atoms with van der Waals surface area (Å²) in [6, 6.07) is 0.715. The van der Waals surface area contributed by atoms with Gasteiger partial charge in [-0.25, -0.2) is 4.79 Å². The Bertz CT molecular complexity index is 415. The van der Waals surface area contributed by atoms with Crippen LogP contribution in [0.3, 0.4) is 0 Å². The minimum Gasteiger partial charge on any atom is -0.480 e. The van der Waals surface area contributed by atoms with Crippen LogP contribution in [0.15, 0.2) is 6.07 Å². The molecule has 0 aliphatic heterocycles. The number of nitrogens with zero attached hydrogens (tertiary/aromatic N) is 2. The summed E-state index contributed by atoms with van der Waals surface area (Å²) in [5.74, 6) is -0.987. The summed E-state index contributed by atoms with van der Waals surface area (Å²) in [7, 11) is 0. The molecule has 0 bridgehead atoms. The van der Waals surface area contributed by atoms with Gasteiger partial charge in [-0.1, -0.05) is 43.5 Å². The molecule has 0 fully saturated rings. The number of aromatic nitrogens is 2. The van der Waals surface area contributed by atoms with Gasteiger partial charge in [-0.05, 0) is 5.92 Å². The lowest BCUT2D eigenvalue weighted by atomic mass is 9.99. The van der Waals surface area contributed by atoms with Crippen LogP contribution in [0.4, 0.5) is 5.69 Å². The predicted molar refractivity (Wildman–Crippen MR) is 66.6 cm³/mol. The van der Waals surface area contributed by atoms with E-state index in [1.54, 1.807) is 0 Å². The largest absolute Gasteiger partial charge is 0.480 e. The van der Waals surface area contributed by atoms with Crippen LogP contribution in [0, 0.1) is 5.92 Å². The highest BCUT2D eigenvalue weighted by atomic mass is 35.5. The fourth-order valence-electron chi connectivity index (χ4n) is 1.30. The molecule has 0 spiro atoms. The summed E-state index contributed by atoms with van der Waals surface area (Å²) in [6.45, 7) is 3.76. The SMILES string of the molecule is CC[C@@H](C)[C@H](Nc1cc(Cl)nnc1Cl)C(=O)O. The summed E-state index contributed by atoms with van der Waals surface area (Å²) in [5, 5.41) is 19.4. The van der Waals surface area contributed by atoms with E-state index in [1.165, 1.54) is 6.07 Å². The zero-order valence-corrected chi connectivity index (χ0v) is 11.0. The van der Waals surface area contributed by atoms with Crippen molar-refractivity contribution in [2.24, 2.45) is 5.92 Å². The van der Waals surface area contributed by atoms with Gasteiger partial charge in [0.25, 0.3) is 0 Å². The average molecular weight is 278 g/mol. The Kier molecular flexibility index (Phi) is 4.96. The zero-order chi connectivity index (χ0) is 13.0. The molecule has 0 amide bonds. The lowest BCUT2D eigenvalue weighted by Crippen LogP contribution is -2.35. The smallest absolute Gasteiger partial charge is 0.326 e. The molecule has 2 N–H and O–H groups in total. The lowest BCUT2D eigenvalue weighted by molar-refractivity contribution is -0.139. The topological polar surface area (TPSA) is 75.1 Å². The predicted octanol–water partition coefficient (Wildman–Crippen LogP) is 2.69. The Morgan fingerprint density at radius 2 is 2.18 bits per heavy atom. The number of hydrogen-bond acceptors (Lipinski definition) is 4. The van der Waals surface area contributed by atoms with Gasteiger partial charge in [-0.15, -0.1) is 10.2 Å². The van der Waals surface area contributed by atoms with Crippen LogP contribution in [-0.4, -0.2) is 27.3 Å². The highest BCUT2D eigenvalue weighted by molar-refractivity contribution is 6.33. The number of carboxylic acid groups (broad SMARTS) is 1. The second-order valence-electron chi connectivity index (χ2n) is 3.72. The summed E-state index contributed by atoms with van der Waals surface area (Å²) in [6.07, 6.45) is 0.730. The molecular formula is C10H13Cl2N3O2. The molecule has 17 heavy (non-hydrogen) atoms. The van der Waals surface area contributed by atoms with Crippen molar-refractivity contribution in [3.63, 3.8) is 0 Å². The van der Waals surface area contributed by atoms with Crippen LogP contribution in [0.2, 0.25) is 10.3 Å². The van der Waals surface area contributed by atoms with E-state index in [4.69, 9.17) is 28.3 Å². The first-order valence-corrected chi connectivity index (χ1v) is 5.89. The molecule has 1 aromatic heterocycles. The van der Waals surface area contributed by atoms with E-state index in [1.807, 2.05) is 13.8 Å². The minimum absolute atomic E-state index is 0.0458. The fourth-order valence-corrected chi connectivity index (χ4v) is 1.60. The number of nitrogens with one attached hydrogen (secondary N) is 1. The quantitative estimate of drug-likeness (QED) is 0.866. The molecule has 1 aromatic rings. The molecule has 1 heterocycles. The van der Waals surface area contributed by atoms with E-state index in [0.717, 1.165) is 6.42 Å². The molecule has 0 aliphatic carbocycles. The van der Waals surface area contributed by atoms with Gasteiger partial charge in [0.15, 0.2) is 10.3 Å². The van der Waals surface area contributed by atoms with E-state index >= 15 is 0 Å². The minimum atomic E-state index is -0.941. The van der Waals surface area contributed by atoms with Crippen LogP contribution >= 0.6 is 23.2 Å². The first-order valence-electron chi connectivity index (χ1n) is 5.13. The van der Waals surface area contributed by atoms with Crippen LogP contribution in [0.1, 0.15) is 20.3 Å². The van der Waals surface area contributed by atoms with Crippen molar-refractivity contribution >= 4 is 34.9 Å². The van der Waals surface area contributed by atoms with Crippen molar-refractivity contribution in [1.29, 1.82) is 0 Å². The fraction of sp³-hybridized carbons (Fsp3) is 0.500. The lowest BCUT2D eigenvalue weighted by Gasteiger charge is -2.21. The third-order valence-electron chi connectivity index (χ3n) is 2.51. The highest BCUT2D eigenvalue weighted by Gasteiger charge is 2.24. The molecule has 0 saturated heterocycles. The van der Waals surface area contributed by atoms with Gasteiger partial charge in [-0.3, -0.25) is 0 Å². The third-order valence-corrected chi connectivity index (χ3v) is 2.97. The van der Waals surface area contributed by atoms with Crippen molar-refractivity contribution < 1.29 is 9.90 Å². The van der Waals surface area contributed by atoms with E-state index in [0.29, 0.717) is 5.69 Å². The van der Waals surface area contributed by atoms with E-state index in [2.05, 4.69) is 15.5 Å². The average Bonchev–Trinajstić information content (AvgIpc) is 2.28. The molecule has 0 saturated carbocycles. The molecule has 2 atom stereocenters. The van der Waals surface area contributed by atoms with Crippen LogP contribution in [0.5, 0.6) is 0 Å². The van der Waals surface area contributed by atoms with Crippen LogP contribution in [-0.2, 0) is 4.79 Å². The molecule has 0 unspecified atom stereocenters. The number of hydrogen-bond donors (Lipinski definition) is 2. The Balaban J connectivity index is 2.93. The van der Waals surface area contributed by atoms with Gasteiger partial charge in [0, 0.05) is 6.07 Å². The van der Waals surface area contributed by atoms with Crippen molar-refractivity contribution in [2.45, 2.75) is 26.3 Å². The zero-order valence-electron chi connectivity index (χ0n) is 9.44. The molecule has 5 nitrogen and oxygen atoms in total. The van der Waals surface area contributed by atoms with Gasteiger partial charge in [0.05, 0.1) is 5.69 Å². The Hall–Kier alpha value is -1.07. The summed E-state index contributed by atoms with van der Waals surface area (Å²) < 4.78 is 0. The third kappa shape index (κ3) is 3.71. The summed E-state index contributed by atoms with van der Waals surface area (Å²) >= 11 is 11.5. The number of rotatable bonds is 5. The second-order valence-corrected chi connectivity index (χ2v) is 4.46. The number of halogens is 2. The van der Waals surface area contributed by atoms with Gasteiger partial charge in [-0.2, -0.15) is 0 Å². The molecule has 0 radical (unpaired) electrons. The van der Waals surface area contributed by atoms with Gasteiger partial charge in [0.2, 0.25) is 0 Å². The maximum absolute atomic E-state index is 11.1. The highest BCUT2D eigenvalue weighted by Crippen LogP contribution is 2.23. The molecule has 1 rings (SSSR count).